The van der Waals surface area contributed by atoms with Crippen LogP contribution in [0.1, 0.15) is 42.5 Å². The van der Waals surface area contributed by atoms with Crippen molar-refractivity contribution in [3.63, 3.8) is 0 Å². The monoisotopic (exact) mass is 373 g/mol. The van der Waals surface area contributed by atoms with Crippen LogP contribution in [0.25, 0.3) is 0 Å². The lowest BCUT2D eigenvalue weighted by atomic mass is 9.95. The Morgan fingerprint density at radius 1 is 1.04 bits per heavy atom. The predicted molar refractivity (Wildman–Crippen MR) is 96.8 cm³/mol. The Hall–Kier alpha value is -1.88. The molecule has 0 unspecified atom stereocenters. The number of nitrogens with one attached hydrogen (secondary N) is 2. The topological polar surface area (TPSA) is 54.0 Å². The largest absolute Gasteiger partial charge is 0.367 e. The summed E-state index contributed by atoms with van der Waals surface area (Å²) >= 11 is 3.38. The summed E-state index contributed by atoms with van der Waals surface area (Å²) < 4.78 is 0.982. The Labute approximate surface area is 144 Å². The van der Waals surface area contributed by atoms with Crippen LogP contribution in [0.3, 0.4) is 0 Å². The SMILES string of the molecule is O=C(Nc1ccc(Br)cc1)c1ccc(NC2CCCCC2)nc1. The molecule has 1 saturated carbocycles. The Bertz CT molecular complexity index is 649. The third-order valence-electron chi connectivity index (χ3n) is 4.08. The summed E-state index contributed by atoms with van der Waals surface area (Å²) in [5.74, 6) is 0.695. The molecule has 120 valence electrons. The normalized spacial score (nSPS) is 15.2. The van der Waals surface area contributed by atoms with Crippen LogP contribution in [0.5, 0.6) is 0 Å². The molecule has 2 N–H and O–H groups in total. The summed E-state index contributed by atoms with van der Waals surface area (Å²) in [5, 5.41) is 6.32. The number of hydrogen-bond donors (Lipinski definition) is 2. The van der Waals surface area contributed by atoms with E-state index in [2.05, 4.69) is 31.5 Å². The van der Waals surface area contributed by atoms with Crippen molar-refractivity contribution < 1.29 is 4.79 Å². The lowest BCUT2D eigenvalue weighted by molar-refractivity contribution is 0.102. The first-order chi connectivity index (χ1) is 11.2. The van der Waals surface area contributed by atoms with Crippen LogP contribution in [0.4, 0.5) is 11.5 Å². The van der Waals surface area contributed by atoms with E-state index in [0.29, 0.717) is 11.6 Å². The third-order valence-corrected chi connectivity index (χ3v) is 4.61. The number of hydrogen-bond acceptors (Lipinski definition) is 3. The van der Waals surface area contributed by atoms with Gasteiger partial charge in [0, 0.05) is 22.4 Å². The molecule has 0 radical (unpaired) electrons. The number of nitrogens with zero attached hydrogens (tertiary/aromatic N) is 1. The van der Waals surface area contributed by atoms with Gasteiger partial charge >= 0.3 is 0 Å². The highest BCUT2D eigenvalue weighted by atomic mass is 79.9. The molecule has 2 aromatic rings. The highest BCUT2D eigenvalue weighted by molar-refractivity contribution is 9.10. The number of aromatic nitrogens is 1. The van der Waals surface area contributed by atoms with E-state index in [1.165, 1.54) is 32.1 Å². The standard InChI is InChI=1S/C18H20BrN3O/c19-14-7-9-16(10-8-14)22-18(23)13-6-11-17(20-12-13)21-15-4-2-1-3-5-15/h6-12,15H,1-5H2,(H,20,21)(H,22,23). The zero-order chi connectivity index (χ0) is 16.1. The molecule has 0 atom stereocenters. The summed E-state index contributed by atoms with van der Waals surface area (Å²) in [6.45, 7) is 0. The Balaban J connectivity index is 1.59. The van der Waals surface area contributed by atoms with Crippen molar-refractivity contribution in [2.45, 2.75) is 38.1 Å². The van der Waals surface area contributed by atoms with Gasteiger partial charge < -0.3 is 10.6 Å². The molecule has 23 heavy (non-hydrogen) atoms. The number of anilines is 2. The van der Waals surface area contributed by atoms with Crippen LogP contribution in [-0.2, 0) is 0 Å². The first-order valence-corrected chi connectivity index (χ1v) is 8.79. The molecular weight excluding hydrogens is 354 g/mol. The molecule has 1 aromatic heterocycles. The van der Waals surface area contributed by atoms with Crippen molar-refractivity contribution in [2.75, 3.05) is 10.6 Å². The smallest absolute Gasteiger partial charge is 0.257 e. The molecule has 1 aliphatic rings. The summed E-state index contributed by atoms with van der Waals surface area (Å²) in [4.78, 5) is 16.6. The van der Waals surface area contributed by atoms with Crippen LogP contribution in [0, 0.1) is 0 Å². The van der Waals surface area contributed by atoms with Gasteiger partial charge in [-0.05, 0) is 49.2 Å². The van der Waals surface area contributed by atoms with Crippen LogP contribution in [0.2, 0.25) is 0 Å². The summed E-state index contributed by atoms with van der Waals surface area (Å²) in [7, 11) is 0. The maximum absolute atomic E-state index is 12.2. The molecule has 1 fully saturated rings. The zero-order valence-corrected chi connectivity index (χ0v) is 14.5. The number of pyridine rings is 1. The number of carbonyl (C=O) groups is 1. The van der Waals surface area contributed by atoms with Gasteiger partial charge in [0.05, 0.1) is 5.56 Å². The lowest BCUT2D eigenvalue weighted by Crippen LogP contribution is -2.22. The van der Waals surface area contributed by atoms with E-state index in [-0.39, 0.29) is 5.91 Å². The highest BCUT2D eigenvalue weighted by Crippen LogP contribution is 2.21. The van der Waals surface area contributed by atoms with Crippen LogP contribution in [-0.4, -0.2) is 16.9 Å². The molecule has 5 heteroatoms. The number of rotatable bonds is 4. The molecule has 1 heterocycles. The number of benzene rings is 1. The predicted octanol–water partition coefficient (Wildman–Crippen LogP) is 4.84. The van der Waals surface area contributed by atoms with E-state index in [1.807, 2.05) is 36.4 Å². The second kappa shape index (κ2) is 7.59. The molecule has 0 saturated heterocycles. The number of amides is 1. The first kappa shape index (κ1) is 16.0. The summed E-state index contributed by atoms with van der Waals surface area (Å²) in [5.41, 5.74) is 1.32. The van der Waals surface area contributed by atoms with Crippen molar-refractivity contribution in [2.24, 2.45) is 0 Å². The summed E-state index contributed by atoms with van der Waals surface area (Å²) in [6, 6.07) is 11.7. The highest BCUT2D eigenvalue weighted by Gasteiger charge is 2.13. The molecule has 1 aliphatic carbocycles. The van der Waals surface area contributed by atoms with E-state index in [4.69, 9.17) is 0 Å². The third kappa shape index (κ3) is 4.55. The maximum atomic E-state index is 12.2. The fourth-order valence-electron chi connectivity index (χ4n) is 2.81. The minimum atomic E-state index is -0.149. The van der Waals surface area contributed by atoms with Gasteiger partial charge in [-0.2, -0.15) is 0 Å². The minimum absolute atomic E-state index is 0.149. The van der Waals surface area contributed by atoms with Crippen molar-refractivity contribution >= 4 is 33.3 Å². The van der Waals surface area contributed by atoms with Gasteiger partial charge in [0.15, 0.2) is 0 Å². The molecule has 0 spiro atoms. The zero-order valence-electron chi connectivity index (χ0n) is 12.9. The first-order valence-electron chi connectivity index (χ1n) is 8.00. The molecule has 3 rings (SSSR count). The Morgan fingerprint density at radius 2 is 1.78 bits per heavy atom. The van der Waals surface area contributed by atoms with E-state index < -0.39 is 0 Å². The molecular formula is C18H20BrN3O. The Morgan fingerprint density at radius 3 is 2.43 bits per heavy atom. The number of carbonyl (C=O) groups excluding carboxylic acids is 1. The van der Waals surface area contributed by atoms with Crippen LogP contribution < -0.4 is 10.6 Å². The van der Waals surface area contributed by atoms with Crippen LogP contribution >= 0.6 is 15.9 Å². The molecule has 0 aliphatic heterocycles. The fourth-order valence-corrected chi connectivity index (χ4v) is 3.07. The fraction of sp³-hybridized carbons (Fsp3) is 0.333. The van der Waals surface area contributed by atoms with Gasteiger partial charge in [-0.15, -0.1) is 0 Å². The van der Waals surface area contributed by atoms with E-state index in [1.54, 1.807) is 6.20 Å². The lowest BCUT2D eigenvalue weighted by Gasteiger charge is -2.23. The van der Waals surface area contributed by atoms with Gasteiger partial charge in [-0.25, -0.2) is 4.98 Å². The Kier molecular flexibility index (Phi) is 5.28. The molecule has 0 bridgehead atoms. The van der Waals surface area contributed by atoms with Crippen molar-refractivity contribution in [3.05, 3.63) is 52.6 Å². The second-order valence-electron chi connectivity index (χ2n) is 5.87. The van der Waals surface area contributed by atoms with Gasteiger partial charge in [-0.1, -0.05) is 35.2 Å². The van der Waals surface area contributed by atoms with Crippen molar-refractivity contribution in [1.29, 1.82) is 0 Å². The molecule has 4 nitrogen and oxygen atoms in total. The quantitative estimate of drug-likeness (QED) is 0.805. The molecule has 1 amide bonds. The van der Waals surface area contributed by atoms with Crippen LogP contribution in [0.15, 0.2) is 47.1 Å². The van der Waals surface area contributed by atoms with Gasteiger partial charge in [0.25, 0.3) is 5.91 Å². The minimum Gasteiger partial charge on any atom is -0.367 e. The maximum Gasteiger partial charge on any atom is 0.257 e. The van der Waals surface area contributed by atoms with E-state index in [0.717, 1.165) is 16.0 Å². The van der Waals surface area contributed by atoms with Gasteiger partial charge in [0.2, 0.25) is 0 Å². The average molecular weight is 374 g/mol. The molecule has 1 aromatic carbocycles. The summed E-state index contributed by atoms with van der Waals surface area (Å²) in [6.07, 6.45) is 7.93. The average Bonchev–Trinajstić information content (AvgIpc) is 2.58. The van der Waals surface area contributed by atoms with Crippen molar-refractivity contribution in [3.8, 4) is 0 Å². The number of halogens is 1. The van der Waals surface area contributed by atoms with Gasteiger partial charge in [0.1, 0.15) is 5.82 Å². The van der Waals surface area contributed by atoms with Crippen molar-refractivity contribution in [1.82, 2.24) is 4.98 Å². The van der Waals surface area contributed by atoms with E-state index >= 15 is 0 Å². The van der Waals surface area contributed by atoms with E-state index in [9.17, 15) is 4.79 Å². The van der Waals surface area contributed by atoms with Gasteiger partial charge in [-0.3, -0.25) is 4.79 Å². The second-order valence-corrected chi connectivity index (χ2v) is 6.79.